The van der Waals surface area contributed by atoms with Crippen molar-refractivity contribution in [1.29, 1.82) is 0 Å². The van der Waals surface area contributed by atoms with E-state index in [0.717, 1.165) is 25.6 Å². The lowest BCUT2D eigenvalue weighted by atomic mass is 9.95. The van der Waals surface area contributed by atoms with Crippen LogP contribution in [0.25, 0.3) is 0 Å². The van der Waals surface area contributed by atoms with Crippen LogP contribution in [0, 0.1) is 5.92 Å². The molecule has 1 saturated heterocycles. The van der Waals surface area contributed by atoms with Crippen molar-refractivity contribution in [3.8, 4) is 0 Å². The molecule has 78 valence electrons. The minimum absolute atomic E-state index is 0.271. The molecule has 0 amide bonds. The summed E-state index contributed by atoms with van der Waals surface area (Å²) < 4.78 is 0. The molecule has 1 aliphatic rings. The van der Waals surface area contributed by atoms with Crippen molar-refractivity contribution in [1.82, 2.24) is 10.2 Å². The van der Waals surface area contributed by atoms with Gasteiger partial charge in [0.05, 0.1) is 6.61 Å². The molecule has 3 nitrogen and oxygen atoms in total. The molecule has 1 rings (SSSR count). The van der Waals surface area contributed by atoms with E-state index in [1.807, 2.05) is 0 Å². The first-order valence-electron chi connectivity index (χ1n) is 5.31. The number of hydrogen-bond acceptors (Lipinski definition) is 3. The van der Waals surface area contributed by atoms with Crippen molar-refractivity contribution in [3.63, 3.8) is 0 Å². The lowest BCUT2D eigenvalue weighted by Gasteiger charge is -2.31. The summed E-state index contributed by atoms with van der Waals surface area (Å²) in [5.41, 5.74) is 0. The molecule has 0 radical (unpaired) electrons. The summed E-state index contributed by atoms with van der Waals surface area (Å²) in [7, 11) is 2.11. The van der Waals surface area contributed by atoms with Gasteiger partial charge >= 0.3 is 0 Å². The van der Waals surface area contributed by atoms with Gasteiger partial charge in [-0.25, -0.2) is 0 Å². The Morgan fingerprint density at radius 1 is 1.62 bits per heavy atom. The minimum atomic E-state index is 0.271. The van der Waals surface area contributed by atoms with Crippen LogP contribution in [0.5, 0.6) is 0 Å². The molecular formula is C10H22N2O. The van der Waals surface area contributed by atoms with Gasteiger partial charge in [-0.05, 0) is 38.9 Å². The van der Waals surface area contributed by atoms with Gasteiger partial charge < -0.3 is 15.3 Å². The molecule has 1 aliphatic heterocycles. The van der Waals surface area contributed by atoms with Crippen molar-refractivity contribution in [2.24, 2.45) is 5.92 Å². The number of aliphatic hydroxyl groups is 1. The zero-order valence-electron chi connectivity index (χ0n) is 8.79. The molecular weight excluding hydrogens is 164 g/mol. The quantitative estimate of drug-likeness (QED) is 0.648. The predicted molar refractivity (Wildman–Crippen MR) is 54.8 cm³/mol. The molecule has 0 aliphatic carbocycles. The second-order valence-corrected chi connectivity index (χ2v) is 3.93. The highest BCUT2D eigenvalue weighted by atomic mass is 16.3. The van der Waals surface area contributed by atoms with Crippen LogP contribution in [0.3, 0.4) is 0 Å². The third kappa shape index (κ3) is 2.93. The van der Waals surface area contributed by atoms with Crippen molar-refractivity contribution in [2.45, 2.75) is 25.8 Å². The standard InChI is InChI=1S/C10H22N2O/c1-3-10(12(2)6-7-13)9-4-5-11-8-9/h9-11,13H,3-8H2,1-2H3. The van der Waals surface area contributed by atoms with Gasteiger partial charge in [-0.3, -0.25) is 0 Å². The molecule has 1 fully saturated rings. The fourth-order valence-electron chi connectivity index (χ4n) is 2.33. The SMILES string of the molecule is CCC(C1CCNC1)N(C)CCO. The molecule has 0 aromatic carbocycles. The summed E-state index contributed by atoms with van der Waals surface area (Å²) in [6.45, 7) is 5.61. The fourth-order valence-corrected chi connectivity index (χ4v) is 2.33. The van der Waals surface area contributed by atoms with E-state index in [2.05, 4.69) is 24.2 Å². The molecule has 2 unspecified atom stereocenters. The van der Waals surface area contributed by atoms with Crippen molar-refractivity contribution >= 4 is 0 Å². The number of rotatable bonds is 5. The second-order valence-electron chi connectivity index (χ2n) is 3.93. The van der Waals surface area contributed by atoms with E-state index in [0.29, 0.717) is 6.04 Å². The maximum atomic E-state index is 8.87. The summed E-state index contributed by atoms with van der Waals surface area (Å²) in [6, 6.07) is 0.641. The van der Waals surface area contributed by atoms with Gasteiger partial charge in [0.2, 0.25) is 0 Å². The van der Waals surface area contributed by atoms with Gasteiger partial charge in [-0.15, -0.1) is 0 Å². The Labute approximate surface area is 81.1 Å². The van der Waals surface area contributed by atoms with E-state index in [1.165, 1.54) is 12.8 Å². The van der Waals surface area contributed by atoms with E-state index in [1.54, 1.807) is 0 Å². The van der Waals surface area contributed by atoms with Crippen molar-refractivity contribution in [3.05, 3.63) is 0 Å². The first kappa shape index (κ1) is 11.0. The summed E-state index contributed by atoms with van der Waals surface area (Å²) in [4.78, 5) is 2.29. The van der Waals surface area contributed by atoms with E-state index in [-0.39, 0.29) is 6.61 Å². The van der Waals surface area contributed by atoms with Crippen molar-refractivity contribution in [2.75, 3.05) is 33.3 Å². The summed E-state index contributed by atoms with van der Waals surface area (Å²) in [5, 5.41) is 12.3. The van der Waals surface area contributed by atoms with E-state index < -0.39 is 0 Å². The number of nitrogens with one attached hydrogen (secondary N) is 1. The third-order valence-corrected chi connectivity index (χ3v) is 3.08. The molecule has 0 saturated carbocycles. The monoisotopic (exact) mass is 186 g/mol. The van der Waals surface area contributed by atoms with Crippen LogP contribution in [0.2, 0.25) is 0 Å². The fraction of sp³-hybridized carbons (Fsp3) is 1.00. The molecule has 0 bridgehead atoms. The van der Waals surface area contributed by atoms with Crippen LogP contribution in [-0.4, -0.2) is 49.3 Å². The Kier molecular flexibility index (Phi) is 4.70. The van der Waals surface area contributed by atoms with E-state index in [9.17, 15) is 0 Å². The summed E-state index contributed by atoms with van der Waals surface area (Å²) in [5.74, 6) is 0.779. The van der Waals surface area contributed by atoms with Crippen LogP contribution in [0.15, 0.2) is 0 Å². The Bertz CT molecular complexity index is 135. The average molecular weight is 186 g/mol. The number of aliphatic hydroxyl groups excluding tert-OH is 1. The Morgan fingerprint density at radius 3 is 2.85 bits per heavy atom. The molecule has 1 heterocycles. The molecule has 3 heteroatoms. The average Bonchev–Trinajstić information content (AvgIpc) is 2.59. The second kappa shape index (κ2) is 5.58. The summed E-state index contributed by atoms with van der Waals surface area (Å²) in [6.07, 6.45) is 2.47. The normalized spacial score (nSPS) is 25.4. The number of likely N-dealkylation sites (N-methyl/N-ethyl adjacent to an activating group) is 1. The molecule has 0 aromatic heterocycles. The lowest BCUT2D eigenvalue weighted by Crippen LogP contribution is -2.40. The van der Waals surface area contributed by atoms with Crippen LogP contribution < -0.4 is 5.32 Å². The van der Waals surface area contributed by atoms with Crippen molar-refractivity contribution < 1.29 is 5.11 Å². The van der Waals surface area contributed by atoms with Gasteiger partial charge in [-0.2, -0.15) is 0 Å². The molecule has 2 atom stereocenters. The van der Waals surface area contributed by atoms with Gasteiger partial charge in [-0.1, -0.05) is 6.92 Å². The molecule has 0 spiro atoms. The zero-order chi connectivity index (χ0) is 9.68. The lowest BCUT2D eigenvalue weighted by molar-refractivity contribution is 0.141. The molecule has 2 N–H and O–H groups in total. The largest absolute Gasteiger partial charge is 0.395 e. The minimum Gasteiger partial charge on any atom is -0.395 e. The number of hydrogen-bond donors (Lipinski definition) is 2. The van der Waals surface area contributed by atoms with Gasteiger partial charge in [0.1, 0.15) is 0 Å². The highest BCUT2D eigenvalue weighted by molar-refractivity contribution is 4.82. The Balaban J connectivity index is 2.39. The third-order valence-electron chi connectivity index (χ3n) is 3.08. The summed E-state index contributed by atoms with van der Waals surface area (Å²) >= 11 is 0. The predicted octanol–water partition coefficient (Wildman–Crippen LogP) is 0.299. The van der Waals surface area contributed by atoms with Crippen LogP contribution in [0.1, 0.15) is 19.8 Å². The van der Waals surface area contributed by atoms with Gasteiger partial charge in [0, 0.05) is 12.6 Å². The highest BCUT2D eigenvalue weighted by Gasteiger charge is 2.25. The maximum Gasteiger partial charge on any atom is 0.0558 e. The molecule has 13 heavy (non-hydrogen) atoms. The van der Waals surface area contributed by atoms with E-state index >= 15 is 0 Å². The Morgan fingerprint density at radius 2 is 2.38 bits per heavy atom. The van der Waals surface area contributed by atoms with Gasteiger partial charge in [0.15, 0.2) is 0 Å². The van der Waals surface area contributed by atoms with Gasteiger partial charge in [0.25, 0.3) is 0 Å². The molecule has 0 aromatic rings. The van der Waals surface area contributed by atoms with Crippen LogP contribution in [0.4, 0.5) is 0 Å². The van der Waals surface area contributed by atoms with Crippen LogP contribution in [-0.2, 0) is 0 Å². The Hall–Kier alpha value is -0.120. The first-order valence-corrected chi connectivity index (χ1v) is 5.31. The van der Waals surface area contributed by atoms with Crippen LogP contribution >= 0.6 is 0 Å². The highest BCUT2D eigenvalue weighted by Crippen LogP contribution is 2.19. The smallest absolute Gasteiger partial charge is 0.0558 e. The number of nitrogens with zero attached hydrogens (tertiary/aromatic N) is 1. The topological polar surface area (TPSA) is 35.5 Å². The zero-order valence-corrected chi connectivity index (χ0v) is 8.79. The maximum absolute atomic E-state index is 8.87. The van der Waals surface area contributed by atoms with E-state index in [4.69, 9.17) is 5.11 Å². The first-order chi connectivity index (χ1) is 6.29.